The minimum Gasteiger partial charge on any atom is -0.352 e. The largest absolute Gasteiger partial charge is 0.352 e. The van der Waals surface area contributed by atoms with Crippen LogP contribution in [-0.2, 0) is 0 Å². The molecule has 1 aromatic carbocycles. The van der Waals surface area contributed by atoms with E-state index in [9.17, 15) is 4.79 Å². The van der Waals surface area contributed by atoms with Crippen LogP contribution in [0.2, 0.25) is 5.02 Å². The maximum absolute atomic E-state index is 12.1. The van der Waals surface area contributed by atoms with Gasteiger partial charge in [-0.25, -0.2) is 4.68 Å². The first-order valence-corrected chi connectivity index (χ1v) is 7.21. The fourth-order valence-electron chi connectivity index (χ4n) is 2.01. The van der Waals surface area contributed by atoms with Gasteiger partial charge in [0.2, 0.25) is 0 Å². The third-order valence-corrected chi connectivity index (χ3v) is 3.43. The van der Waals surface area contributed by atoms with E-state index in [4.69, 9.17) is 17.3 Å². The van der Waals surface area contributed by atoms with E-state index in [0.717, 1.165) is 17.8 Å². The Labute approximate surface area is 141 Å². The molecule has 3 N–H and O–H groups in total. The summed E-state index contributed by atoms with van der Waals surface area (Å²) < 4.78 is 1.70. The second-order valence-electron chi connectivity index (χ2n) is 5.06. The van der Waals surface area contributed by atoms with Crippen molar-refractivity contribution in [2.75, 3.05) is 6.54 Å². The zero-order valence-electron chi connectivity index (χ0n) is 12.5. The quantitative estimate of drug-likeness (QED) is 0.877. The first kappa shape index (κ1) is 18.5. The lowest BCUT2D eigenvalue weighted by Crippen LogP contribution is -2.29. The van der Waals surface area contributed by atoms with Gasteiger partial charge in [0, 0.05) is 17.6 Å². The van der Waals surface area contributed by atoms with E-state index in [-0.39, 0.29) is 24.4 Å². The third kappa shape index (κ3) is 4.47. The number of halogens is 2. The van der Waals surface area contributed by atoms with Crippen LogP contribution < -0.4 is 11.1 Å². The number of nitrogens with zero attached hydrogens (tertiary/aromatic N) is 2. The molecule has 5 nitrogen and oxygen atoms in total. The van der Waals surface area contributed by atoms with Gasteiger partial charge in [-0.15, -0.1) is 12.4 Å². The average molecular weight is 343 g/mol. The highest BCUT2D eigenvalue weighted by Gasteiger charge is 2.15. The van der Waals surface area contributed by atoms with E-state index in [1.54, 1.807) is 23.0 Å². The molecular weight excluding hydrogens is 323 g/mol. The molecule has 0 aliphatic carbocycles. The first-order valence-electron chi connectivity index (χ1n) is 6.83. The minimum atomic E-state index is -0.138. The third-order valence-electron chi connectivity index (χ3n) is 3.19. The summed E-state index contributed by atoms with van der Waals surface area (Å²) in [5.74, 6) is -0.138. The number of aromatic nitrogens is 2. The Morgan fingerprint density at radius 1 is 1.50 bits per heavy atom. The van der Waals surface area contributed by atoms with Crippen LogP contribution in [-0.4, -0.2) is 28.3 Å². The molecule has 0 aliphatic rings. The highest BCUT2D eigenvalue weighted by atomic mass is 35.5. The van der Waals surface area contributed by atoms with E-state index in [0.29, 0.717) is 17.1 Å². The van der Waals surface area contributed by atoms with Crippen LogP contribution in [0, 0.1) is 6.92 Å². The Hall–Kier alpha value is -1.56. The molecule has 0 radical (unpaired) electrons. The first-order chi connectivity index (χ1) is 9.99. The molecule has 2 rings (SSSR count). The summed E-state index contributed by atoms with van der Waals surface area (Å²) in [6, 6.07) is 7.41. The number of nitrogens with two attached hydrogens (primary N) is 1. The van der Waals surface area contributed by atoms with Gasteiger partial charge >= 0.3 is 0 Å². The summed E-state index contributed by atoms with van der Waals surface area (Å²) in [6.07, 6.45) is 2.31. The molecule has 1 unspecified atom stereocenters. The molecule has 0 saturated carbocycles. The molecule has 0 spiro atoms. The lowest BCUT2D eigenvalue weighted by molar-refractivity contribution is 0.0952. The van der Waals surface area contributed by atoms with Gasteiger partial charge < -0.3 is 11.1 Å². The molecule has 120 valence electrons. The zero-order valence-corrected chi connectivity index (χ0v) is 14.1. The summed E-state index contributed by atoms with van der Waals surface area (Å²) in [7, 11) is 0. The summed E-state index contributed by atoms with van der Waals surface area (Å²) in [5, 5.41) is 7.74. The van der Waals surface area contributed by atoms with Crippen molar-refractivity contribution >= 4 is 29.9 Å². The number of carbonyl (C=O) groups excluding carboxylic acids is 1. The van der Waals surface area contributed by atoms with Gasteiger partial charge in [-0.05, 0) is 38.5 Å². The Kier molecular flexibility index (Phi) is 6.87. The number of hydrogen-bond acceptors (Lipinski definition) is 3. The fourth-order valence-corrected chi connectivity index (χ4v) is 2.19. The molecule has 7 heteroatoms. The number of nitrogens with one attached hydrogen (secondary N) is 1. The van der Waals surface area contributed by atoms with Gasteiger partial charge in [0.1, 0.15) is 0 Å². The number of carbonyl (C=O) groups is 1. The molecule has 1 amide bonds. The molecule has 1 heterocycles. The molecule has 2 aromatic rings. The Morgan fingerprint density at radius 3 is 2.86 bits per heavy atom. The fraction of sp³-hybridized carbons (Fsp3) is 0.333. The lowest BCUT2D eigenvalue weighted by Gasteiger charge is -2.08. The van der Waals surface area contributed by atoms with Crippen molar-refractivity contribution in [3.63, 3.8) is 0 Å². The molecule has 0 aliphatic heterocycles. The van der Waals surface area contributed by atoms with E-state index in [2.05, 4.69) is 10.4 Å². The number of hydrogen-bond donors (Lipinski definition) is 2. The standard InChI is InChI=1S/C15H19ClN4O.ClH/c1-10(17)6-7-18-15(21)14-9-19-20(11(14)2)13-5-3-4-12(16)8-13;/h3-5,8-10H,6-7,17H2,1-2H3,(H,18,21);1H. The molecule has 1 aromatic heterocycles. The van der Waals surface area contributed by atoms with E-state index in [1.165, 1.54) is 0 Å². The monoisotopic (exact) mass is 342 g/mol. The van der Waals surface area contributed by atoms with Crippen molar-refractivity contribution in [1.82, 2.24) is 15.1 Å². The van der Waals surface area contributed by atoms with Gasteiger partial charge in [0.15, 0.2) is 0 Å². The smallest absolute Gasteiger partial charge is 0.254 e. The topological polar surface area (TPSA) is 72.9 Å². The van der Waals surface area contributed by atoms with Crippen LogP contribution in [0.25, 0.3) is 5.69 Å². The highest BCUT2D eigenvalue weighted by Crippen LogP contribution is 2.17. The Balaban J connectivity index is 0.00000242. The predicted molar refractivity (Wildman–Crippen MR) is 91.2 cm³/mol. The van der Waals surface area contributed by atoms with Crippen LogP contribution in [0.5, 0.6) is 0 Å². The molecule has 0 bridgehead atoms. The molecule has 0 fully saturated rings. The average Bonchev–Trinajstić information content (AvgIpc) is 2.80. The summed E-state index contributed by atoms with van der Waals surface area (Å²) >= 11 is 5.98. The molecular formula is C15H20Cl2N4O. The normalized spacial score (nSPS) is 11.6. The van der Waals surface area contributed by atoms with Crippen molar-refractivity contribution in [1.29, 1.82) is 0 Å². The van der Waals surface area contributed by atoms with Crippen molar-refractivity contribution in [2.24, 2.45) is 5.73 Å². The van der Waals surface area contributed by atoms with Gasteiger partial charge in [-0.1, -0.05) is 17.7 Å². The van der Waals surface area contributed by atoms with Gasteiger partial charge in [0.25, 0.3) is 5.91 Å². The second kappa shape index (κ2) is 8.17. The number of amides is 1. The minimum absolute atomic E-state index is 0. The predicted octanol–water partition coefficient (Wildman–Crippen LogP) is 2.72. The Morgan fingerprint density at radius 2 is 2.23 bits per heavy atom. The van der Waals surface area contributed by atoms with E-state index >= 15 is 0 Å². The van der Waals surface area contributed by atoms with Crippen molar-refractivity contribution in [3.05, 3.63) is 46.7 Å². The van der Waals surface area contributed by atoms with Gasteiger partial charge in [-0.2, -0.15) is 5.10 Å². The summed E-state index contributed by atoms with van der Waals surface area (Å²) in [6.45, 7) is 4.32. The molecule has 22 heavy (non-hydrogen) atoms. The highest BCUT2D eigenvalue weighted by molar-refractivity contribution is 6.30. The maximum atomic E-state index is 12.1. The Bertz CT molecular complexity index is 640. The summed E-state index contributed by atoms with van der Waals surface area (Å²) in [4.78, 5) is 12.1. The lowest BCUT2D eigenvalue weighted by atomic mass is 10.2. The van der Waals surface area contributed by atoms with Crippen LogP contribution in [0.3, 0.4) is 0 Å². The van der Waals surface area contributed by atoms with Crippen molar-refractivity contribution < 1.29 is 4.79 Å². The molecule has 0 saturated heterocycles. The van der Waals surface area contributed by atoms with Gasteiger partial charge in [0.05, 0.1) is 23.1 Å². The van der Waals surface area contributed by atoms with Crippen molar-refractivity contribution in [3.8, 4) is 5.69 Å². The number of rotatable bonds is 5. The van der Waals surface area contributed by atoms with Crippen LogP contribution in [0.4, 0.5) is 0 Å². The van der Waals surface area contributed by atoms with E-state index < -0.39 is 0 Å². The summed E-state index contributed by atoms with van der Waals surface area (Å²) in [5.41, 5.74) is 7.82. The number of benzene rings is 1. The zero-order chi connectivity index (χ0) is 15.4. The second-order valence-corrected chi connectivity index (χ2v) is 5.49. The van der Waals surface area contributed by atoms with Crippen molar-refractivity contribution in [2.45, 2.75) is 26.3 Å². The van der Waals surface area contributed by atoms with Gasteiger partial charge in [-0.3, -0.25) is 4.79 Å². The van der Waals surface area contributed by atoms with Crippen LogP contribution >= 0.6 is 24.0 Å². The van der Waals surface area contributed by atoms with Crippen LogP contribution in [0.1, 0.15) is 29.4 Å². The molecule has 1 atom stereocenters. The maximum Gasteiger partial charge on any atom is 0.254 e. The van der Waals surface area contributed by atoms with E-state index in [1.807, 2.05) is 26.0 Å². The SMILES string of the molecule is Cc1c(C(=O)NCCC(C)N)cnn1-c1cccc(Cl)c1.Cl. The van der Waals surface area contributed by atoms with Crippen LogP contribution in [0.15, 0.2) is 30.5 Å².